The third-order valence-electron chi connectivity index (χ3n) is 3.11. The molecule has 0 saturated heterocycles. The molecule has 0 atom stereocenters. The first-order valence-electron chi connectivity index (χ1n) is 7.26. The molecule has 1 nitrogen and oxygen atoms in total. The van der Waals surface area contributed by atoms with Crippen molar-refractivity contribution in [3.8, 4) is 12.3 Å². The maximum atomic E-state index is 11.1. The average Bonchev–Trinajstić information content (AvgIpc) is 2.32. The van der Waals surface area contributed by atoms with Gasteiger partial charge in [-0.15, -0.1) is 6.42 Å². The van der Waals surface area contributed by atoms with E-state index in [4.69, 9.17) is 6.42 Å². The molecule has 0 aliphatic carbocycles. The van der Waals surface area contributed by atoms with Crippen LogP contribution in [0.1, 0.15) is 84.0 Å². The summed E-state index contributed by atoms with van der Waals surface area (Å²) >= 11 is 0. The van der Waals surface area contributed by atoms with Gasteiger partial charge in [-0.1, -0.05) is 70.6 Å². The number of hydrogen-bond donors (Lipinski definition) is 0. The SMILES string of the molecule is C#CCC(=O)CCCCCCCCCCCC. The Morgan fingerprint density at radius 3 is 1.82 bits per heavy atom. The van der Waals surface area contributed by atoms with Crippen molar-refractivity contribution in [1.29, 1.82) is 0 Å². The van der Waals surface area contributed by atoms with E-state index in [-0.39, 0.29) is 5.78 Å². The number of hydrogen-bond acceptors (Lipinski definition) is 1. The van der Waals surface area contributed by atoms with Crippen LogP contribution < -0.4 is 0 Å². The van der Waals surface area contributed by atoms with Gasteiger partial charge in [0.15, 0.2) is 0 Å². The molecule has 0 rings (SSSR count). The molecule has 0 aromatic carbocycles. The topological polar surface area (TPSA) is 17.1 Å². The summed E-state index contributed by atoms with van der Waals surface area (Å²) in [7, 11) is 0. The summed E-state index contributed by atoms with van der Waals surface area (Å²) < 4.78 is 0. The molecule has 98 valence electrons. The maximum Gasteiger partial charge on any atom is 0.144 e. The second kappa shape index (κ2) is 13.3. The number of Topliss-reactive ketones (excluding diaryl/α,β-unsaturated/α-hetero) is 1. The molecule has 0 amide bonds. The normalized spacial score (nSPS) is 10.1. The van der Waals surface area contributed by atoms with E-state index >= 15 is 0 Å². The third-order valence-corrected chi connectivity index (χ3v) is 3.11. The highest BCUT2D eigenvalue weighted by molar-refractivity contribution is 5.80. The van der Waals surface area contributed by atoms with Gasteiger partial charge in [-0.25, -0.2) is 0 Å². The predicted octanol–water partition coefficient (Wildman–Crippen LogP) is 4.89. The summed E-state index contributed by atoms with van der Waals surface area (Å²) in [6.07, 6.45) is 19.1. The van der Waals surface area contributed by atoms with Crippen LogP contribution in [-0.4, -0.2) is 5.78 Å². The largest absolute Gasteiger partial charge is 0.299 e. The van der Waals surface area contributed by atoms with Crippen LogP contribution >= 0.6 is 0 Å². The number of rotatable bonds is 12. The quantitative estimate of drug-likeness (QED) is 0.348. The molecule has 0 saturated carbocycles. The van der Waals surface area contributed by atoms with Crippen LogP contribution in [0.25, 0.3) is 0 Å². The molecular weight excluding hydrogens is 208 g/mol. The molecule has 0 aromatic rings. The first kappa shape index (κ1) is 16.2. The fraction of sp³-hybridized carbons (Fsp3) is 0.812. The zero-order valence-corrected chi connectivity index (χ0v) is 11.5. The minimum Gasteiger partial charge on any atom is -0.299 e. The number of carbonyl (C=O) groups excluding carboxylic acids is 1. The Hall–Kier alpha value is -0.770. The zero-order valence-electron chi connectivity index (χ0n) is 11.5. The Bertz CT molecular complexity index is 212. The van der Waals surface area contributed by atoms with Crippen LogP contribution in [0.15, 0.2) is 0 Å². The van der Waals surface area contributed by atoms with E-state index in [0.717, 1.165) is 6.42 Å². The van der Waals surface area contributed by atoms with Crippen molar-refractivity contribution >= 4 is 5.78 Å². The highest BCUT2D eigenvalue weighted by Crippen LogP contribution is 2.11. The van der Waals surface area contributed by atoms with E-state index in [0.29, 0.717) is 12.8 Å². The minimum atomic E-state index is 0.229. The second-order valence-corrected chi connectivity index (χ2v) is 4.85. The molecule has 0 aromatic heterocycles. The van der Waals surface area contributed by atoms with Crippen molar-refractivity contribution in [3.63, 3.8) is 0 Å². The Morgan fingerprint density at radius 2 is 1.35 bits per heavy atom. The van der Waals surface area contributed by atoms with Gasteiger partial charge in [0, 0.05) is 6.42 Å². The van der Waals surface area contributed by atoms with E-state index in [1.54, 1.807) is 0 Å². The van der Waals surface area contributed by atoms with Gasteiger partial charge in [-0.2, -0.15) is 0 Å². The summed E-state index contributed by atoms with van der Waals surface area (Å²) in [5, 5.41) is 0. The average molecular weight is 236 g/mol. The number of terminal acetylenes is 1. The standard InChI is InChI=1S/C16H28O/c1-3-5-6-7-8-9-10-11-12-13-15-16(17)14-4-2/h2H,3,5-15H2,1H3. The lowest BCUT2D eigenvalue weighted by Crippen LogP contribution is -1.95. The molecule has 1 heteroatoms. The van der Waals surface area contributed by atoms with Crippen molar-refractivity contribution in [2.24, 2.45) is 0 Å². The Labute approximate surface area is 107 Å². The van der Waals surface area contributed by atoms with E-state index in [1.165, 1.54) is 57.8 Å². The number of carbonyl (C=O) groups is 1. The van der Waals surface area contributed by atoms with Gasteiger partial charge in [0.25, 0.3) is 0 Å². The number of unbranched alkanes of at least 4 members (excludes halogenated alkanes) is 9. The van der Waals surface area contributed by atoms with E-state index in [1.807, 2.05) is 0 Å². The monoisotopic (exact) mass is 236 g/mol. The van der Waals surface area contributed by atoms with E-state index in [9.17, 15) is 4.79 Å². The lowest BCUT2D eigenvalue weighted by atomic mass is 10.0. The van der Waals surface area contributed by atoms with Crippen molar-refractivity contribution in [3.05, 3.63) is 0 Å². The summed E-state index contributed by atoms with van der Waals surface area (Å²) in [4.78, 5) is 11.1. The smallest absolute Gasteiger partial charge is 0.144 e. The first-order valence-corrected chi connectivity index (χ1v) is 7.26. The Kier molecular flexibility index (Phi) is 12.7. The molecule has 17 heavy (non-hydrogen) atoms. The second-order valence-electron chi connectivity index (χ2n) is 4.85. The fourth-order valence-electron chi connectivity index (χ4n) is 2.01. The summed E-state index contributed by atoms with van der Waals surface area (Å²) in [6.45, 7) is 2.25. The fourth-order valence-corrected chi connectivity index (χ4v) is 2.01. The molecule has 0 heterocycles. The Balaban J connectivity index is 3.04. The van der Waals surface area contributed by atoms with Gasteiger partial charge in [-0.3, -0.25) is 4.79 Å². The summed E-state index contributed by atoms with van der Waals surface area (Å²) in [5.41, 5.74) is 0. The molecule has 0 aliphatic rings. The summed E-state index contributed by atoms with van der Waals surface area (Å²) in [6, 6.07) is 0. The first-order chi connectivity index (χ1) is 8.31. The lowest BCUT2D eigenvalue weighted by molar-refractivity contribution is -0.118. The molecule has 0 radical (unpaired) electrons. The van der Waals surface area contributed by atoms with Crippen molar-refractivity contribution in [2.75, 3.05) is 0 Å². The lowest BCUT2D eigenvalue weighted by Gasteiger charge is -2.01. The molecule has 0 spiro atoms. The van der Waals surface area contributed by atoms with Gasteiger partial charge in [0.2, 0.25) is 0 Å². The van der Waals surface area contributed by atoms with Crippen LogP contribution in [-0.2, 0) is 4.79 Å². The third kappa shape index (κ3) is 13.2. The predicted molar refractivity (Wildman–Crippen MR) is 74.9 cm³/mol. The van der Waals surface area contributed by atoms with E-state index < -0.39 is 0 Å². The molecule has 0 unspecified atom stereocenters. The highest BCUT2D eigenvalue weighted by Gasteiger charge is 1.98. The highest BCUT2D eigenvalue weighted by atomic mass is 16.1. The molecular formula is C16H28O. The molecule has 0 N–H and O–H groups in total. The molecule has 0 aliphatic heterocycles. The van der Waals surface area contributed by atoms with Crippen LogP contribution in [0.4, 0.5) is 0 Å². The van der Waals surface area contributed by atoms with Crippen molar-refractivity contribution in [2.45, 2.75) is 84.0 Å². The van der Waals surface area contributed by atoms with Gasteiger partial charge in [0.1, 0.15) is 5.78 Å². The van der Waals surface area contributed by atoms with Crippen LogP contribution in [0, 0.1) is 12.3 Å². The van der Waals surface area contributed by atoms with Crippen molar-refractivity contribution in [1.82, 2.24) is 0 Å². The van der Waals surface area contributed by atoms with Gasteiger partial charge < -0.3 is 0 Å². The zero-order chi connectivity index (χ0) is 12.8. The maximum absolute atomic E-state index is 11.1. The summed E-state index contributed by atoms with van der Waals surface area (Å²) in [5.74, 6) is 2.63. The van der Waals surface area contributed by atoms with Crippen LogP contribution in [0.2, 0.25) is 0 Å². The van der Waals surface area contributed by atoms with Crippen molar-refractivity contribution < 1.29 is 4.79 Å². The minimum absolute atomic E-state index is 0.229. The Morgan fingerprint density at radius 1 is 0.882 bits per heavy atom. The number of ketones is 1. The van der Waals surface area contributed by atoms with Gasteiger partial charge >= 0.3 is 0 Å². The molecule has 0 bridgehead atoms. The van der Waals surface area contributed by atoms with Crippen LogP contribution in [0.5, 0.6) is 0 Å². The van der Waals surface area contributed by atoms with Gasteiger partial charge in [0.05, 0.1) is 6.42 Å². The molecule has 0 fully saturated rings. The van der Waals surface area contributed by atoms with E-state index in [2.05, 4.69) is 12.8 Å². The van der Waals surface area contributed by atoms with Crippen LogP contribution in [0.3, 0.4) is 0 Å². The van der Waals surface area contributed by atoms with Gasteiger partial charge in [-0.05, 0) is 6.42 Å².